The van der Waals surface area contributed by atoms with Crippen LogP contribution in [0.5, 0.6) is 0 Å². The Morgan fingerprint density at radius 2 is 1.69 bits per heavy atom. The van der Waals surface area contributed by atoms with Crippen molar-refractivity contribution >= 4 is 29.2 Å². The summed E-state index contributed by atoms with van der Waals surface area (Å²) < 4.78 is 41.8. The molecule has 0 spiro atoms. The first-order valence-electron chi connectivity index (χ1n) is 13.6. The highest BCUT2D eigenvalue weighted by atomic mass is 19.4. The Balaban J connectivity index is 1.55. The van der Waals surface area contributed by atoms with Gasteiger partial charge in [-0.05, 0) is 47.2 Å². The molecule has 10 heteroatoms. The van der Waals surface area contributed by atoms with Gasteiger partial charge in [-0.1, -0.05) is 73.7 Å². The lowest BCUT2D eigenvalue weighted by molar-refractivity contribution is -0.178. The van der Waals surface area contributed by atoms with Crippen molar-refractivity contribution in [2.45, 2.75) is 58.2 Å². The van der Waals surface area contributed by atoms with Crippen LogP contribution in [0.1, 0.15) is 59.9 Å². The molecular weight excluding hydrogens is 547 g/mol. The smallest absolute Gasteiger partial charge is 0.392 e. The molecule has 4 rings (SSSR count). The van der Waals surface area contributed by atoms with Gasteiger partial charge in [-0.25, -0.2) is 5.01 Å². The number of aliphatic carboxylic acids is 1. The fraction of sp³-hybridized carbons (Fsp3) is 0.312. The molecule has 0 radical (unpaired) electrons. The van der Waals surface area contributed by atoms with E-state index < -0.39 is 29.9 Å². The number of carbonyl (C=O) groups excluding carboxylic acids is 2. The first kappa shape index (κ1) is 30.5. The lowest BCUT2D eigenvalue weighted by atomic mass is 9.85. The highest BCUT2D eigenvalue weighted by molar-refractivity contribution is 6.04. The normalized spacial score (nSPS) is 15.1. The van der Waals surface area contributed by atoms with E-state index in [1.807, 2.05) is 30.3 Å². The van der Waals surface area contributed by atoms with Crippen molar-refractivity contribution < 1.29 is 32.7 Å². The molecule has 3 aromatic rings. The van der Waals surface area contributed by atoms with Crippen LogP contribution in [0, 0.1) is 12.8 Å². The molecule has 1 aliphatic heterocycles. The predicted molar refractivity (Wildman–Crippen MR) is 153 cm³/mol. The molecule has 42 heavy (non-hydrogen) atoms. The number of benzene rings is 3. The Labute approximate surface area is 242 Å². The average Bonchev–Trinajstić information content (AvgIpc) is 2.95. The van der Waals surface area contributed by atoms with Gasteiger partial charge in [-0.15, -0.1) is 0 Å². The number of nitrogens with one attached hydrogen (secondary N) is 1. The topological polar surface area (TPSA) is 99.1 Å². The fourth-order valence-electron chi connectivity index (χ4n) is 4.96. The number of hydrogen-bond acceptors (Lipinski definition) is 4. The summed E-state index contributed by atoms with van der Waals surface area (Å²) in [6.07, 6.45) is -3.70. The summed E-state index contributed by atoms with van der Waals surface area (Å²) in [4.78, 5) is 36.9. The van der Waals surface area contributed by atoms with Gasteiger partial charge in [0.2, 0.25) is 11.8 Å². The minimum atomic E-state index is -4.64. The van der Waals surface area contributed by atoms with Gasteiger partial charge in [0.1, 0.15) is 0 Å². The number of rotatable bonds is 10. The molecule has 1 aliphatic rings. The molecule has 0 saturated carbocycles. The minimum absolute atomic E-state index is 0.111. The summed E-state index contributed by atoms with van der Waals surface area (Å²) in [6.45, 7) is 2.81. The second-order valence-electron chi connectivity index (χ2n) is 10.4. The Morgan fingerprint density at radius 3 is 2.33 bits per heavy atom. The van der Waals surface area contributed by atoms with Crippen LogP contribution < -0.4 is 5.32 Å². The number of carbonyl (C=O) groups is 3. The molecule has 2 atom stereocenters. The summed E-state index contributed by atoms with van der Waals surface area (Å²) in [7, 11) is 0. The monoisotopic (exact) mass is 579 g/mol. The largest absolute Gasteiger partial charge is 0.481 e. The van der Waals surface area contributed by atoms with E-state index in [2.05, 4.69) is 10.4 Å². The van der Waals surface area contributed by atoms with Crippen molar-refractivity contribution in [3.05, 3.63) is 101 Å². The molecule has 0 aliphatic carbocycles. The Kier molecular flexibility index (Phi) is 9.45. The predicted octanol–water partition coefficient (Wildman–Crippen LogP) is 6.46. The third-order valence-electron chi connectivity index (χ3n) is 7.49. The van der Waals surface area contributed by atoms with Crippen molar-refractivity contribution in [2.24, 2.45) is 11.0 Å². The fourth-order valence-corrected chi connectivity index (χ4v) is 4.96. The number of amides is 2. The number of aryl methyl sites for hydroxylation is 1. The van der Waals surface area contributed by atoms with E-state index in [-0.39, 0.29) is 30.9 Å². The van der Waals surface area contributed by atoms with Gasteiger partial charge >= 0.3 is 12.1 Å². The van der Waals surface area contributed by atoms with Gasteiger partial charge in [0.15, 0.2) is 0 Å². The summed E-state index contributed by atoms with van der Waals surface area (Å²) in [5.74, 6) is -5.47. The minimum Gasteiger partial charge on any atom is -0.481 e. The Bertz CT molecular complexity index is 1470. The summed E-state index contributed by atoms with van der Waals surface area (Å²) >= 11 is 0. The highest BCUT2D eigenvalue weighted by Crippen LogP contribution is 2.38. The molecule has 0 fully saturated rings. The van der Waals surface area contributed by atoms with E-state index in [0.29, 0.717) is 35.2 Å². The van der Waals surface area contributed by atoms with Crippen LogP contribution in [0.2, 0.25) is 0 Å². The lowest BCUT2D eigenvalue weighted by Crippen LogP contribution is -2.34. The third kappa shape index (κ3) is 7.43. The number of anilines is 1. The van der Waals surface area contributed by atoms with E-state index in [0.717, 1.165) is 18.2 Å². The second-order valence-corrected chi connectivity index (χ2v) is 10.4. The molecule has 220 valence electrons. The first-order valence-corrected chi connectivity index (χ1v) is 13.6. The van der Waals surface area contributed by atoms with Crippen LogP contribution >= 0.6 is 0 Å². The standard InChI is InChI=1S/C32H32F3N3O4/c1-20-23(15-18-29(40)41)9-6-10-26(20)36-31(42)30(21(2)32(33,34)35)25-13-11-22(12-14-25)19-38-28(39)17-16-27(37-38)24-7-4-3-5-8-24/h3-14,21,30H,15-19H2,1-2H3,(H,36,42)(H,40,41). The van der Waals surface area contributed by atoms with Crippen molar-refractivity contribution in [3.63, 3.8) is 0 Å². The van der Waals surface area contributed by atoms with Gasteiger partial charge in [-0.2, -0.15) is 18.3 Å². The van der Waals surface area contributed by atoms with Crippen molar-refractivity contribution in [1.29, 1.82) is 0 Å². The van der Waals surface area contributed by atoms with E-state index in [1.54, 1.807) is 37.3 Å². The zero-order valence-electron chi connectivity index (χ0n) is 23.3. The lowest BCUT2D eigenvalue weighted by Gasteiger charge is -2.27. The SMILES string of the molecule is Cc1c(CCC(=O)O)cccc1NC(=O)C(c1ccc(CN2N=C(c3ccccc3)CCC2=O)cc1)C(C)C(F)(F)F. The molecule has 1 heterocycles. The average molecular weight is 580 g/mol. The molecule has 7 nitrogen and oxygen atoms in total. The quantitative estimate of drug-likeness (QED) is 0.288. The third-order valence-corrected chi connectivity index (χ3v) is 7.49. The summed E-state index contributed by atoms with van der Waals surface area (Å²) in [6, 6.07) is 20.6. The number of hydrazone groups is 1. The maximum Gasteiger partial charge on any atom is 0.392 e. The van der Waals surface area contributed by atoms with Gasteiger partial charge in [0.05, 0.1) is 24.1 Å². The maximum absolute atomic E-state index is 13.9. The summed E-state index contributed by atoms with van der Waals surface area (Å²) in [5, 5.41) is 17.5. The van der Waals surface area contributed by atoms with E-state index in [9.17, 15) is 27.6 Å². The van der Waals surface area contributed by atoms with Gasteiger partial charge < -0.3 is 10.4 Å². The van der Waals surface area contributed by atoms with Crippen LogP contribution in [0.15, 0.2) is 77.9 Å². The molecule has 2 unspecified atom stereocenters. The Morgan fingerprint density at radius 1 is 1.00 bits per heavy atom. The van der Waals surface area contributed by atoms with E-state index >= 15 is 0 Å². The number of alkyl halides is 3. The van der Waals surface area contributed by atoms with E-state index in [1.165, 1.54) is 17.1 Å². The van der Waals surface area contributed by atoms with E-state index in [4.69, 9.17) is 5.11 Å². The molecule has 2 amide bonds. The molecule has 0 bridgehead atoms. The van der Waals surface area contributed by atoms with Gasteiger partial charge in [-0.3, -0.25) is 14.4 Å². The van der Waals surface area contributed by atoms with Crippen LogP contribution in [0.4, 0.5) is 18.9 Å². The number of carboxylic acids is 1. The van der Waals surface area contributed by atoms with Gasteiger partial charge in [0.25, 0.3) is 0 Å². The molecule has 0 saturated heterocycles. The van der Waals surface area contributed by atoms with Crippen molar-refractivity contribution in [2.75, 3.05) is 5.32 Å². The van der Waals surface area contributed by atoms with Crippen LogP contribution in [0.3, 0.4) is 0 Å². The summed E-state index contributed by atoms with van der Waals surface area (Å²) in [5.41, 5.74) is 4.15. The highest BCUT2D eigenvalue weighted by Gasteiger charge is 2.45. The molecule has 2 N–H and O–H groups in total. The molecule has 3 aromatic carbocycles. The number of hydrogen-bond donors (Lipinski definition) is 2. The molecule has 0 aromatic heterocycles. The number of nitrogens with zero attached hydrogens (tertiary/aromatic N) is 2. The first-order chi connectivity index (χ1) is 19.9. The zero-order chi connectivity index (χ0) is 30.4. The Hall–Kier alpha value is -4.47. The van der Waals surface area contributed by atoms with Crippen molar-refractivity contribution in [1.82, 2.24) is 5.01 Å². The van der Waals surface area contributed by atoms with Crippen molar-refractivity contribution in [3.8, 4) is 0 Å². The number of carboxylic acid groups (broad SMARTS) is 1. The number of halogens is 3. The van der Waals surface area contributed by atoms with Crippen LogP contribution in [-0.4, -0.2) is 39.8 Å². The van der Waals surface area contributed by atoms with Crippen LogP contribution in [0.25, 0.3) is 0 Å². The molecular formula is C32H32F3N3O4. The van der Waals surface area contributed by atoms with Crippen LogP contribution in [-0.2, 0) is 27.3 Å². The van der Waals surface area contributed by atoms with Gasteiger partial charge in [0, 0.05) is 24.9 Å². The second kappa shape index (κ2) is 13.0. The maximum atomic E-state index is 13.9. The zero-order valence-corrected chi connectivity index (χ0v) is 23.3.